The van der Waals surface area contributed by atoms with Crippen LogP contribution in [0.5, 0.6) is 0 Å². The number of aryl methyl sites for hydroxylation is 1. The molecule has 0 aliphatic rings. The highest BCUT2D eigenvalue weighted by molar-refractivity contribution is 7.91. The summed E-state index contributed by atoms with van der Waals surface area (Å²) in [5.74, 6) is -0.641. The summed E-state index contributed by atoms with van der Waals surface area (Å²) in [7, 11) is -3.80. The Morgan fingerprint density at radius 1 is 1.08 bits per heavy atom. The van der Waals surface area contributed by atoms with Crippen molar-refractivity contribution in [3.8, 4) is 0 Å². The molecule has 1 aromatic carbocycles. The van der Waals surface area contributed by atoms with Crippen molar-refractivity contribution in [2.45, 2.75) is 16.9 Å². The van der Waals surface area contributed by atoms with Crippen LogP contribution in [0.15, 0.2) is 75.3 Å². The Morgan fingerprint density at radius 3 is 2.50 bits per heavy atom. The van der Waals surface area contributed by atoms with Gasteiger partial charge in [0.25, 0.3) is 5.91 Å². The minimum Gasteiger partial charge on any atom is -0.439 e. The number of aromatic nitrogens is 1. The normalized spacial score (nSPS) is 11.2. The molecule has 0 unspecified atom stereocenters. The third-order valence-electron chi connectivity index (χ3n) is 3.32. The smallest absolute Gasteiger partial charge is 0.291 e. The number of hydrogen-bond acceptors (Lipinski definition) is 5. The van der Waals surface area contributed by atoms with Gasteiger partial charge in [0.1, 0.15) is 0 Å². The highest BCUT2D eigenvalue weighted by atomic mass is 32.2. The van der Waals surface area contributed by atoms with E-state index in [0.717, 1.165) is 5.56 Å². The predicted molar refractivity (Wildman–Crippen MR) is 87.5 cm³/mol. The molecular weight excluding hydrogens is 328 g/mol. The third-order valence-corrected chi connectivity index (χ3v) is 4.96. The lowest BCUT2D eigenvalue weighted by molar-refractivity contribution is 0.0991. The summed E-state index contributed by atoms with van der Waals surface area (Å²) >= 11 is 0. The zero-order valence-electron chi connectivity index (χ0n) is 12.8. The lowest BCUT2D eigenvalue weighted by Gasteiger charge is -2.03. The zero-order valence-corrected chi connectivity index (χ0v) is 13.6. The van der Waals surface area contributed by atoms with E-state index in [1.54, 1.807) is 30.5 Å². The number of sulfone groups is 1. The number of carbonyl (C=O) groups is 1. The highest BCUT2D eigenvalue weighted by Crippen LogP contribution is 2.23. The molecule has 0 saturated carbocycles. The first-order valence-electron chi connectivity index (χ1n) is 7.10. The Hall–Kier alpha value is -2.93. The molecular formula is C17H14N2O4S. The van der Waals surface area contributed by atoms with Crippen LogP contribution in [0.4, 0.5) is 5.69 Å². The molecule has 2 heterocycles. The van der Waals surface area contributed by atoms with E-state index in [1.165, 1.54) is 30.5 Å². The van der Waals surface area contributed by atoms with E-state index < -0.39 is 15.7 Å². The van der Waals surface area contributed by atoms with Crippen molar-refractivity contribution in [3.05, 3.63) is 72.2 Å². The Balaban J connectivity index is 1.84. The lowest BCUT2D eigenvalue weighted by Crippen LogP contribution is -2.11. The molecule has 6 nitrogen and oxygen atoms in total. The van der Waals surface area contributed by atoms with Crippen LogP contribution in [-0.2, 0) is 9.84 Å². The molecule has 24 heavy (non-hydrogen) atoms. The fourth-order valence-corrected chi connectivity index (χ4v) is 3.22. The van der Waals surface area contributed by atoms with Gasteiger partial charge in [-0.25, -0.2) is 8.42 Å². The van der Waals surface area contributed by atoms with E-state index in [0.29, 0.717) is 5.69 Å². The second-order valence-corrected chi connectivity index (χ2v) is 7.01. The number of amides is 1. The zero-order chi connectivity index (χ0) is 17.2. The van der Waals surface area contributed by atoms with Gasteiger partial charge >= 0.3 is 0 Å². The quantitative estimate of drug-likeness (QED) is 0.787. The summed E-state index contributed by atoms with van der Waals surface area (Å²) in [6.07, 6.45) is 3.06. The van der Waals surface area contributed by atoms with E-state index in [-0.39, 0.29) is 15.7 Å². The molecule has 3 rings (SSSR count). The maximum absolute atomic E-state index is 12.5. The van der Waals surface area contributed by atoms with Crippen molar-refractivity contribution in [1.82, 2.24) is 4.98 Å². The maximum Gasteiger partial charge on any atom is 0.291 e. The molecule has 7 heteroatoms. The predicted octanol–water partition coefficient (Wildman–Crippen LogP) is 3.07. The third kappa shape index (κ3) is 3.21. The Bertz CT molecular complexity index is 961. The first kappa shape index (κ1) is 15.9. The highest BCUT2D eigenvalue weighted by Gasteiger charge is 2.23. The number of furan rings is 1. The van der Waals surface area contributed by atoms with Crippen molar-refractivity contribution in [2.24, 2.45) is 0 Å². The second-order valence-electron chi connectivity index (χ2n) is 5.13. The van der Waals surface area contributed by atoms with Crippen LogP contribution in [0.3, 0.4) is 0 Å². The van der Waals surface area contributed by atoms with Crippen LogP contribution >= 0.6 is 0 Å². The van der Waals surface area contributed by atoms with Crippen molar-refractivity contribution in [2.75, 3.05) is 5.32 Å². The van der Waals surface area contributed by atoms with Gasteiger partial charge in [0.2, 0.25) is 14.9 Å². The number of pyridine rings is 1. The van der Waals surface area contributed by atoms with Gasteiger partial charge in [-0.1, -0.05) is 17.7 Å². The van der Waals surface area contributed by atoms with Crippen molar-refractivity contribution in [3.63, 3.8) is 0 Å². The monoisotopic (exact) mass is 342 g/mol. The van der Waals surface area contributed by atoms with Crippen LogP contribution in [0, 0.1) is 6.92 Å². The lowest BCUT2D eigenvalue weighted by atomic mass is 10.2. The van der Waals surface area contributed by atoms with Gasteiger partial charge in [-0.3, -0.25) is 9.78 Å². The van der Waals surface area contributed by atoms with Crippen LogP contribution in [-0.4, -0.2) is 19.3 Å². The summed E-state index contributed by atoms with van der Waals surface area (Å²) in [5, 5.41) is 2.30. The number of anilines is 1. The number of hydrogen-bond donors (Lipinski definition) is 1. The minimum atomic E-state index is -3.80. The number of carbonyl (C=O) groups excluding carboxylic acids is 1. The summed E-state index contributed by atoms with van der Waals surface area (Å²) in [6, 6.07) is 12.3. The summed E-state index contributed by atoms with van der Waals surface area (Å²) < 4.78 is 30.3. The molecule has 122 valence electrons. The van der Waals surface area contributed by atoms with Gasteiger partial charge < -0.3 is 9.73 Å². The van der Waals surface area contributed by atoms with Crippen molar-refractivity contribution in [1.29, 1.82) is 0 Å². The van der Waals surface area contributed by atoms with Crippen LogP contribution in [0.25, 0.3) is 0 Å². The van der Waals surface area contributed by atoms with Crippen LogP contribution in [0.1, 0.15) is 16.1 Å². The average Bonchev–Trinajstić information content (AvgIpc) is 3.07. The largest absolute Gasteiger partial charge is 0.439 e. The fraction of sp³-hybridized carbons (Fsp3) is 0.0588. The summed E-state index contributed by atoms with van der Waals surface area (Å²) in [6.45, 7) is 1.87. The number of rotatable bonds is 4. The molecule has 2 aromatic heterocycles. The molecule has 1 amide bonds. The van der Waals surface area contributed by atoms with Crippen LogP contribution in [0.2, 0.25) is 0 Å². The summed E-state index contributed by atoms with van der Waals surface area (Å²) in [4.78, 5) is 16.1. The van der Waals surface area contributed by atoms with Crippen molar-refractivity contribution >= 4 is 21.4 Å². The maximum atomic E-state index is 12.5. The fourth-order valence-electron chi connectivity index (χ4n) is 2.05. The number of nitrogens with zero attached hydrogens (tertiary/aromatic N) is 1. The SMILES string of the molecule is Cc1ccc(S(=O)(=O)c2ccc(C(=O)Nc3cccnc3)o2)cc1. The first-order chi connectivity index (χ1) is 11.5. The first-order valence-corrected chi connectivity index (χ1v) is 8.58. The number of benzene rings is 1. The minimum absolute atomic E-state index is 0.0930. The second kappa shape index (κ2) is 6.29. The molecule has 1 N–H and O–H groups in total. The van der Waals surface area contributed by atoms with E-state index in [9.17, 15) is 13.2 Å². The van der Waals surface area contributed by atoms with Gasteiger partial charge in [0.15, 0.2) is 5.76 Å². The standard InChI is InChI=1S/C17H14N2O4S/c1-12-4-6-14(7-5-12)24(21,22)16-9-8-15(23-16)17(20)19-13-3-2-10-18-11-13/h2-11H,1H3,(H,19,20). The van der Waals surface area contributed by atoms with E-state index in [1.807, 2.05) is 6.92 Å². The van der Waals surface area contributed by atoms with Gasteiger partial charge in [0, 0.05) is 6.20 Å². The molecule has 3 aromatic rings. The van der Waals surface area contributed by atoms with Crippen LogP contribution < -0.4 is 5.32 Å². The molecule has 0 aliphatic heterocycles. The molecule has 0 fully saturated rings. The molecule has 0 spiro atoms. The molecule has 0 bridgehead atoms. The Kier molecular flexibility index (Phi) is 4.18. The Labute approximate surface area is 139 Å². The molecule has 0 saturated heterocycles. The average molecular weight is 342 g/mol. The van der Waals surface area contributed by atoms with Gasteiger partial charge in [-0.15, -0.1) is 0 Å². The topological polar surface area (TPSA) is 89.3 Å². The molecule has 0 aliphatic carbocycles. The van der Waals surface area contributed by atoms with E-state index >= 15 is 0 Å². The van der Waals surface area contributed by atoms with E-state index in [4.69, 9.17) is 4.42 Å². The van der Waals surface area contributed by atoms with Gasteiger partial charge in [-0.2, -0.15) is 0 Å². The Morgan fingerprint density at radius 2 is 1.83 bits per heavy atom. The molecule has 0 radical (unpaired) electrons. The van der Waals surface area contributed by atoms with E-state index in [2.05, 4.69) is 10.3 Å². The van der Waals surface area contributed by atoms with Crippen molar-refractivity contribution < 1.29 is 17.6 Å². The molecule has 0 atom stereocenters. The van der Waals surface area contributed by atoms with Gasteiger partial charge in [0.05, 0.1) is 16.8 Å². The summed E-state index contributed by atoms with van der Waals surface area (Å²) in [5.41, 5.74) is 1.44. The number of nitrogens with one attached hydrogen (secondary N) is 1. The van der Waals surface area contributed by atoms with Gasteiger partial charge in [-0.05, 0) is 43.3 Å².